The quantitative estimate of drug-likeness (QED) is 0.436. The fourth-order valence-corrected chi connectivity index (χ4v) is 2.09. The third-order valence-electron chi connectivity index (χ3n) is 3.97. The summed E-state index contributed by atoms with van der Waals surface area (Å²) in [6.07, 6.45) is 5.54. The summed E-state index contributed by atoms with van der Waals surface area (Å²) >= 11 is 5.78. The van der Waals surface area contributed by atoms with E-state index >= 15 is 0 Å². The largest absolute Gasteiger partial charge is 0.507 e. The molecule has 0 saturated heterocycles. The molecule has 0 aliphatic rings. The van der Waals surface area contributed by atoms with Gasteiger partial charge in [0.2, 0.25) is 0 Å². The molecule has 1 aromatic rings. The number of phenols is 1. The van der Waals surface area contributed by atoms with Crippen LogP contribution in [0.4, 0.5) is 0 Å². The Morgan fingerprint density at radius 3 is 2.26 bits per heavy atom. The SMILES string of the molecule is CCC(C)(C)N.O=C(O)CCCCCCCNC(=O)c1cc(Cl)ccc1O. The highest BCUT2D eigenvalue weighted by Crippen LogP contribution is 2.21. The number of benzene rings is 1. The number of carboxylic acids is 1. The van der Waals surface area contributed by atoms with Gasteiger partial charge in [-0.25, -0.2) is 0 Å². The minimum Gasteiger partial charge on any atom is -0.507 e. The fourth-order valence-electron chi connectivity index (χ4n) is 1.92. The van der Waals surface area contributed by atoms with Crippen molar-refractivity contribution in [3.8, 4) is 5.75 Å². The summed E-state index contributed by atoms with van der Waals surface area (Å²) in [5.74, 6) is -1.20. The first-order chi connectivity index (χ1) is 12.6. The van der Waals surface area contributed by atoms with Crippen LogP contribution < -0.4 is 11.1 Å². The molecule has 27 heavy (non-hydrogen) atoms. The third kappa shape index (κ3) is 14.0. The second kappa shape index (κ2) is 13.4. The van der Waals surface area contributed by atoms with Crippen molar-refractivity contribution in [3.05, 3.63) is 28.8 Å². The fraction of sp³-hybridized carbons (Fsp3) is 0.600. The predicted octanol–water partition coefficient (Wildman–Crippen LogP) is 4.33. The van der Waals surface area contributed by atoms with Gasteiger partial charge in [-0.05, 0) is 51.3 Å². The minimum absolute atomic E-state index is 0.0417. The highest BCUT2D eigenvalue weighted by atomic mass is 35.5. The summed E-state index contributed by atoms with van der Waals surface area (Å²) in [7, 11) is 0. The van der Waals surface area contributed by atoms with Crippen molar-refractivity contribution in [1.82, 2.24) is 5.32 Å². The zero-order chi connectivity index (χ0) is 20.9. The number of carboxylic acid groups (broad SMARTS) is 1. The number of carbonyl (C=O) groups is 2. The van der Waals surface area contributed by atoms with Crippen molar-refractivity contribution in [2.45, 2.75) is 71.3 Å². The maximum absolute atomic E-state index is 11.8. The number of hydrogen-bond donors (Lipinski definition) is 4. The van der Waals surface area contributed by atoms with Crippen LogP contribution in [-0.4, -0.2) is 34.2 Å². The van der Waals surface area contributed by atoms with Crippen LogP contribution in [0.5, 0.6) is 5.75 Å². The summed E-state index contributed by atoms with van der Waals surface area (Å²) in [5, 5.41) is 21.2. The van der Waals surface area contributed by atoms with Crippen LogP contribution in [0, 0.1) is 0 Å². The first-order valence-corrected chi connectivity index (χ1v) is 9.72. The molecule has 0 heterocycles. The lowest BCUT2D eigenvalue weighted by Gasteiger charge is -2.13. The number of amides is 1. The van der Waals surface area contributed by atoms with E-state index < -0.39 is 5.97 Å². The van der Waals surface area contributed by atoms with Gasteiger partial charge in [-0.3, -0.25) is 9.59 Å². The summed E-state index contributed by atoms with van der Waals surface area (Å²) in [5.41, 5.74) is 5.75. The topological polar surface area (TPSA) is 113 Å². The number of nitrogens with one attached hydrogen (secondary N) is 1. The highest BCUT2D eigenvalue weighted by Gasteiger charge is 2.10. The van der Waals surface area contributed by atoms with Gasteiger partial charge in [0, 0.05) is 23.5 Å². The number of nitrogens with two attached hydrogens (primary N) is 1. The van der Waals surface area contributed by atoms with Gasteiger partial charge in [0.25, 0.3) is 5.91 Å². The van der Waals surface area contributed by atoms with E-state index in [1.54, 1.807) is 0 Å². The van der Waals surface area contributed by atoms with Crippen LogP contribution in [-0.2, 0) is 4.79 Å². The number of carbonyl (C=O) groups excluding carboxylic acids is 1. The molecule has 0 spiro atoms. The van der Waals surface area contributed by atoms with Crippen molar-refractivity contribution in [1.29, 1.82) is 0 Å². The van der Waals surface area contributed by atoms with Gasteiger partial charge in [-0.1, -0.05) is 37.8 Å². The molecule has 0 fully saturated rings. The van der Waals surface area contributed by atoms with E-state index in [0.717, 1.165) is 32.1 Å². The lowest BCUT2D eigenvalue weighted by atomic mass is 10.1. The van der Waals surface area contributed by atoms with E-state index in [1.165, 1.54) is 18.2 Å². The molecule has 0 aliphatic carbocycles. The van der Waals surface area contributed by atoms with Crippen LogP contribution in [0.15, 0.2) is 18.2 Å². The Morgan fingerprint density at radius 1 is 1.15 bits per heavy atom. The second-order valence-electron chi connectivity index (χ2n) is 7.17. The number of unbranched alkanes of at least 4 members (excludes halogenated alkanes) is 4. The molecule has 0 aliphatic heterocycles. The summed E-state index contributed by atoms with van der Waals surface area (Å²) in [6.45, 7) is 6.64. The number of hydrogen-bond acceptors (Lipinski definition) is 4. The monoisotopic (exact) mass is 400 g/mol. The lowest BCUT2D eigenvalue weighted by Crippen LogP contribution is -2.30. The maximum atomic E-state index is 11.8. The van der Waals surface area contributed by atoms with Gasteiger partial charge in [0.05, 0.1) is 5.56 Å². The summed E-state index contributed by atoms with van der Waals surface area (Å²) < 4.78 is 0. The minimum atomic E-state index is -0.761. The molecule has 1 amide bonds. The molecule has 0 radical (unpaired) electrons. The van der Waals surface area contributed by atoms with E-state index in [9.17, 15) is 14.7 Å². The average Bonchev–Trinajstić information content (AvgIpc) is 2.58. The Kier molecular flexibility index (Phi) is 12.5. The summed E-state index contributed by atoms with van der Waals surface area (Å²) in [6, 6.07) is 4.34. The molecular weight excluding hydrogens is 368 g/mol. The van der Waals surface area contributed by atoms with Gasteiger partial charge in [-0.15, -0.1) is 0 Å². The van der Waals surface area contributed by atoms with E-state index in [-0.39, 0.29) is 29.2 Å². The Morgan fingerprint density at radius 2 is 1.70 bits per heavy atom. The molecule has 0 aromatic heterocycles. The van der Waals surface area contributed by atoms with Gasteiger partial charge in [0.1, 0.15) is 5.75 Å². The van der Waals surface area contributed by atoms with Crippen LogP contribution in [0.3, 0.4) is 0 Å². The van der Waals surface area contributed by atoms with Crippen molar-refractivity contribution in [3.63, 3.8) is 0 Å². The Balaban J connectivity index is 0.000000972. The van der Waals surface area contributed by atoms with Crippen molar-refractivity contribution in [2.24, 2.45) is 5.73 Å². The number of aliphatic carboxylic acids is 1. The first kappa shape index (κ1) is 25.2. The van der Waals surface area contributed by atoms with Crippen LogP contribution in [0.25, 0.3) is 0 Å². The second-order valence-corrected chi connectivity index (χ2v) is 7.61. The van der Waals surface area contributed by atoms with Crippen LogP contribution in [0.2, 0.25) is 5.02 Å². The van der Waals surface area contributed by atoms with Gasteiger partial charge >= 0.3 is 5.97 Å². The molecule has 1 rings (SSSR count). The molecular formula is C20H33ClN2O4. The number of aromatic hydroxyl groups is 1. The van der Waals surface area contributed by atoms with Crippen molar-refractivity contribution in [2.75, 3.05) is 6.54 Å². The molecule has 7 heteroatoms. The lowest BCUT2D eigenvalue weighted by molar-refractivity contribution is -0.137. The molecule has 0 unspecified atom stereocenters. The van der Waals surface area contributed by atoms with E-state index in [4.69, 9.17) is 22.4 Å². The maximum Gasteiger partial charge on any atom is 0.303 e. The Bertz CT molecular complexity index is 586. The molecule has 0 bridgehead atoms. The highest BCUT2D eigenvalue weighted by molar-refractivity contribution is 6.31. The van der Waals surface area contributed by atoms with Crippen molar-refractivity contribution >= 4 is 23.5 Å². The normalized spacial score (nSPS) is 10.7. The predicted molar refractivity (Wildman–Crippen MR) is 109 cm³/mol. The molecule has 0 saturated carbocycles. The molecule has 5 N–H and O–H groups in total. The zero-order valence-electron chi connectivity index (χ0n) is 16.6. The van der Waals surface area contributed by atoms with Gasteiger partial charge in [-0.2, -0.15) is 0 Å². The van der Waals surface area contributed by atoms with Gasteiger partial charge in [0.15, 0.2) is 0 Å². The molecule has 0 atom stereocenters. The smallest absolute Gasteiger partial charge is 0.303 e. The number of phenolic OH excluding ortho intramolecular Hbond substituents is 1. The molecule has 6 nitrogen and oxygen atoms in total. The number of halogens is 1. The molecule has 154 valence electrons. The van der Waals surface area contributed by atoms with Crippen LogP contribution in [0.1, 0.15) is 76.1 Å². The third-order valence-corrected chi connectivity index (χ3v) is 4.20. The van der Waals surface area contributed by atoms with Crippen molar-refractivity contribution < 1.29 is 19.8 Å². The first-order valence-electron chi connectivity index (χ1n) is 9.34. The Labute approximate surface area is 167 Å². The zero-order valence-corrected chi connectivity index (χ0v) is 17.3. The Hall–Kier alpha value is -1.79. The van der Waals surface area contributed by atoms with Crippen LogP contribution >= 0.6 is 11.6 Å². The van der Waals surface area contributed by atoms with E-state index in [1.807, 2.05) is 13.8 Å². The number of rotatable bonds is 10. The van der Waals surface area contributed by atoms with E-state index in [0.29, 0.717) is 18.0 Å². The standard InChI is InChI=1S/C15H20ClNO4.C5H13N/c16-11-7-8-13(18)12(10-11)15(21)17-9-5-3-1-2-4-6-14(19)20;1-4-5(2,3)6/h7-8,10,18H,1-6,9H2,(H,17,21)(H,19,20);4,6H2,1-3H3. The van der Waals surface area contributed by atoms with E-state index in [2.05, 4.69) is 12.2 Å². The van der Waals surface area contributed by atoms with Gasteiger partial charge < -0.3 is 21.3 Å². The average molecular weight is 401 g/mol. The molecule has 1 aromatic carbocycles. The summed E-state index contributed by atoms with van der Waals surface area (Å²) in [4.78, 5) is 22.2.